The Hall–Kier alpha value is -1.49. The number of aromatic nitrogens is 1. The zero-order valence-electron chi connectivity index (χ0n) is 7.49. The monoisotopic (exact) mass is 216 g/mol. The number of hydrogen-bond donors (Lipinski definition) is 1. The van der Waals surface area contributed by atoms with E-state index in [0.717, 1.165) is 0 Å². The van der Waals surface area contributed by atoms with Gasteiger partial charge in [0.15, 0.2) is 6.61 Å². The first kappa shape index (κ1) is 10.6. The van der Waals surface area contributed by atoms with Crippen molar-refractivity contribution >= 4 is 23.5 Å². The van der Waals surface area contributed by atoms with Crippen molar-refractivity contribution in [3.8, 4) is 0 Å². The van der Waals surface area contributed by atoms with Crippen LogP contribution >= 0.6 is 11.6 Å². The van der Waals surface area contributed by atoms with Gasteiger partial charge in [0.25, 0.3) is 5.91 Å². The number of hydrogen-bond acceptors (Lipinski definition) is 3. The van der Waals surface area contributed by atoms with Gasteiger partial charge >= 0.3 is 5.97 Å². The lowest BCUT2D eigenvalue weighted by Crippen LogP contribution is -2.21. The van der Waals surface area contributed by atoms with Crippen LogP contribution in [0.5, 0.6) is 0 Å². The zero-order valence-corrected chi connectivity index (χ0v) is 8.25. The Morgan fingerprint density at radius 1 is 1.64 bits per heavy atom. The molecule has 0 aromatic carbocycles. The van der Waals surface area contributed by atoms with Crippen LogP contribution in [0.1, 0.15) is 10.5 Å². The average Bonchev–Trinajstić information content (AvgIpc) is 2.41. The van der Waals surface area contributed by atoms with Crippen LogP contribution in [0.2, 0.25) is 5.02 Å². The molecule has 1 aromatic rings. The number of primary amides is 1. The molecule has 14 heavy (non-hydrogen) atoms. The van der Waals surface area contributed by atoms with Crippen LogP contribution in [-0.2, 0) is 16.6 Å². The van der Waals surface area contributed by atoms with Gasteiger partial charge < -0.3 is 15.0 Å². The minimum absolute atomic E-state index is 0.274. The van der Waals surface area contributed by atoms with Crippen LogP contribution in [0.4, 0.5) is 0 Å². The Morgan fingerprint density at radius 3 is 2.71 bits per heavy atom. The van der Waals surface area contributed by atoms with Gasteiger partial charge in [-0.3, -0.25) is 4.79 Å². The van der Waals surface area contributed by atoms with Gasteiger partial charge in [0.1, 0.15) is 5.69 Å². The third-order valence-corrected chi connectivity index (χ3v) is 1.73. The van der Waals surface area contributed by atoms with Gasteiger partial charge in [-0.05, 0) is 6.07 Å². The summed E-state index contributed by atoms with van der Waals surface area (Å²) in [5.41, 5.74) is 5.09. The molecule has 0 atom stereocenters. The van der Waals surface area contributed by atoms with Crippen molar-refractivity contribution < 1.29 is 14.3 Å². The second-order valence-corrected chi connectivity index (χ2v) is 3.13. The summed E-state index contributed by atoms with van der Waals surface area (Å²) in [6, 6.07) is 1.45. The van der Waals surface area contributed by atoms with E-state index in [9.17, 15) is 9.59 Å². The molecular formula is C8H9ClN2O3. The van der Waals surface area contributed by atoms with E-state index in [-0.39, 0.29) is 5.69 Å². The molecular weight excluding hydrogens is 208 g/mol. The van der Waals surface area contributed by atoms with Crippen molar-refractivity contribution in [2.24, 2.45) is 12.8 Å². The van der Waals surface area contributed by atoms with E-state index < -0.39 is 18.5 Å². The van der Waals surface area contributed by atoms with Gasteiger partial charge in [0, 0.05) is 13.2 Å². The number of carbonyl (C=O) groups is 2. The van der Waals surface area contributed by atoms with Crippen LogP contribution in [0.15, 0.2) is 12.3 Å². The molecule has 0 unspecified atom stereocenters. The van der Waals surface area contributed by atoms with Crippen LogP contribution in [-0.4, -0.2) is 23.1 Å². The lowest BCUT2D eigenvalue weighted by molar-refractivity contribution is -0.121. The van der Waals surface area contributed by atoms with E-state index in [0.29, 0.717) is 5.02 Å². The standard InChI is InChI=1S/C8H9ClN2O3/c1-11-3-5(9)2-6(11)8(13)14-4-7(10)12/h2-3H,4H2,1H3,(H2,10,12). The molecule has 5 nitrogen and oxygen atoms in total. The van der Waals surface area contributed by atoms with Crippen molar-refractivity contribution in [3.05, 3.63) is 23.0 Å². The Morgan fingerprint density at radius 2 is 2.29 bits per heavy atom. The highest BCUT2D eigenvalue weighted by molar-refractivity contribution is 6.30. The second kappa shape index (κ2) is 4.15. The maximum absolute atomic E-state index is 11.3. The van der Waals surface area contributed by atoms with Gasteiger partial charge in [-0.2, -0.15) is 0 Å². The number of nitrogens with two attached hydrogens (primary N) is 1. The molecule has 0 saturated heterocycles. The molecule has 1 heterocycles. The quantitative estimate of drug-likeness (QED) is 0.740. The number of aryl methyl sites for hydroxylation is 1. The predicted molar refractivity (Wildman–Crippen MR) is 49.9 cm³/mol. The fourth-order valence-electron chi connectivity index (χ4n) is 0.938. The van der Waals surface area contributed by atoms with E-state index in [1.54, 1.807) is 13.2 Å². The molecule has 0 aliphatic carbocycles. The van der Waals surface area contributed by atoms with E-state index in [1.165, 1.54) is 10.6 Å². The van der Waals surface area contributed by atoms with Gasteiger partial charge in [0.05, 0.1) is 5.02 Å². The van der Waals surface area contributed by atoms with Gasteiger partial charge in [-0.25, -0.2) is 4.79 Å². The van der Waals surface area contributed by atoms with Gasteiger partial charge in [-0.15, -0.1) is 0 Å². The molecule has 0 saturated carbocycles. The van der Waals surface area contributed by atoms with E-state index in [2.05, 4.69) is 4.74 Å². The summed E-state index contributed by atoms with van der Waals surface area (Å²) in [4.78, 5) is 21.6. The average molecular weight is 217 g/mol. The smallest absolute Gasteiger partial charge is 0.355 e. The second-order valence-electron chi connectivity index (χ2n) is 2.70. The largest absolute Gasteiger partial charge is 0.451 e. The topological polar surface area (TPSA) is 74.3 Å². The summed E-state index contributed by atoms with van der Waals surface area (Å²) < 4.78 is 6.10. The third-order valence-electron chi connectivity index (χ3n) is 1.53. The molecule has 2 N–H and O–H groups in total. The molecule has 1 aromatic heterocycles. The summed E-state index contributed by atoms with van der Waals surface area (Å²) in [6.07, 6.45) is 1.56. The van der Waals surface area contributed by atoms with Crippen molar-refractivity contribution in [1.29, 1.82) is 0 Å². The molecule has 0 bridgehead atoms. The third kappa shape index (κ3) is 2.50. The molecule has 1 amide bonds. The molecule has 76 valence electrons. The first-order chi connectivity index (χ1) is 6.50. The van der Waals surface area contributed by atoms with Crippen molar-refractivity contribution in [1.82, 2.24) is 4.57 Å². The Kier molecular flexibility index (Phi) is 3.14. The summed E-state index contributed by atoms with van der Waals surface area (Å²) >= 11 is 5.65. The number of amides is 1. The summed E-state index contributed by atoms with van der Waals surface area (Å²) in [5, 5.41) is 0.429. The van der Waals surface area contributed by atoms with Crippen molar-refractivity contribution in [3.63, 3.8) is 0 Å². The number of nitrogens with zero attached hydrogens (tertiary/aromatic N) is 1. The summed E-state index contributed by atoms with van der Waals surface area (Å²) in [5.74, 6) is -1.32. The lowest BCUT2D eigenvalue weighted by Gasteiger charge is -2.02. The number of rotatable bonds is 3. The summed E-state index contributed by atoms with van der Waals surface area (Å²) in [6.45, 7) is -0.429. The van der Waals surface area contributed by atoms with E-state index in [4.69, 9.17) is 17.3 Å². The van der Waals surface area contributed by atoms with E-state index in [1.807, 2.05) is 0 Å². The SMILES string of the molecule is Cn1cc(Cl)cc1C(=O)OCC(N)=O. The normalized spacial score (nSPS) is 9.86. The number of carbonyl (C=O) groups excluding carboxylic acids is 2. The molecule has 0 aliphatic rings. The Labute approximate surface area is 85.4 Å². The van der Waals surface area contributed by atoms with Crippen LogP contribution < -0.4 is 5.73 Å². The highest BCUT2D eigenvalue weighted by Crippen LogP contribution is 2.13. The van der Waals surface area contributed by atoms with Crippen molar-refractivity contribution in [2.45, 2.75) is 0 Å². The van der Waals surface area contributed by atoms with Gasteiger partial charge in [0.2, 0.25) is 0 Å². The predicted octanol–water partition coefficient (Wildman–Crippen LogP) is 0.321. The number of halogens is 1. The Bertz CT molecular complexity index is 373. The molecule has 0 radical (unpaired) electrons. The highest BCUT2D eigenvalue weighted by atomic mass is 35.5. The number of ether oxygens (including phenoxy) is 1. The fraction of sp³-hybridized carbons (Fsp3) is 0.250. The van der Waals surface area contributed by atoms with Crippen LogP contribution in [0.3, 0.4) is 0 Å². The fourth-order valence-corrected chi connectivity index (χ4v) is 1.19. The van der Waals surface area contributed by atoms with Crippen molar-refractivity contribution in [2.75, 3.05) is 6.61 Å². The first-order valence-electron chi connectivity index (χ1n) is 3.78. The minimum atomic E-state index is -0.696. The molecule has 1 rings (SSSR count). The summed E-state index contributed by atoms with van der Waals surface area (Å²) in [7, 11) is 1.65. The highest BCUT2D eigenvalue weighted by Gasteiger charge is 2.13. The van der Waals surface area contributed by atoms with Gasteiger partial charge in [-0.1, -0.05) is 11.6 Å². The molecule has 0 fully saturated rings. The van der Waals surface area contributed by atoms with E-state index >= 15 is 0 Å². The molecule has 0 aliphatic heterocycles. The maximum Gasteiger partial charge on any atom is 0.355 e. The molecule has 6 heteroatoms. The lowest BCUT2D eigenvalue weighted by atomic mass is 10.4. The van der Waals surface area contributed by atoms with Crippen LogP contribution in [0.25, 0.3) is 0 Å². The molecule has 0 spiro atoms. The minimum Gasteiger partial charge on any atom is -0.451 e. The maximum atomic E-state index is 11.3. The first-order valence-corrected chi connectivity index (χ1v) is 4.16. The zero-order chi connectivity index (χ0) is 10.7. The van der Waals surface area contributed by atoms with Crippen LogP contribution in [0, 0.1) is 0 Å². The Balaban J connectivity index is 2.69. The number of esters is 1.